The third kappa shape index (κ3) is 4.40. The summed E-state index contributed by atoms with van der Waals surface area (Å²) in [6.45, 7) is 3.59. The van der Waals surface area contributed by atoms with Crippen molar-refractivity contribution in [3.63, 3.8) is 0 Å². The van der Waals surface area contributed by atoms with Gasteiger partial charge < -0.3 is 18.9 Å². The van der Waals surface area contributed by atoms with E-state index < -0.39 is 10.1 Å². The summed E-state index contributed by atoms with van der Waals surface area (Å²) < 4.78 is 28.7. The molecule has 1 atom stereocenters. The lowest BCUT2D eigenvalue weighted by Gasteiger charge is -2.28. The quantitative estimate of drug-likeness (QED) is 0.578. The van der Waals surface area contributed by atoms with Crippen LogP contribution in [0, 0.1) is 0 Å². The monoisotopic (exact) mass is 458 g/mol. The lowest BCUT2D eigenvalue weighted by Crippen LogP contribution is -2.36. The molecule has 9 nitrogen and oxygen atoms in total. The molecule has 0 radical (unpaired) electrons. The molecule has 10 heteroatoms. The summed E-state index contributed by atoms with van der Waals surface area (Å²) in [6, 6.07) is 5.85. The topological polar surface area (TPSA) is 97.9 Å². The number of hydrogen-bond acceptors (Lipinski definition) is 7. The molecule has 0 aliphatic carbocycles. The van der Waals surface area contributed by atoms with Crippen LogP contribution in [0.1, 0.15) is 25.5 Å². The number of nitrogens with zero attached hydrogens (tertiary/aromatic N) is 6. The molecule has 3 aromatic heterocycles. The SMILES string of the molecule is C[SH](C)(O)=Nc1cc(N2CCOCC2)nc2c(-c3ccnn3C3CCCCO3)nccc12. The van der Waals surface area contributed by atoms with Crippen LogP contribution in [0.25, 0.3) is 22.3 Å². The first kappa shape index (κ1) is 21.4. The Bertz CT molecular complexity index is 1150. The van der Waals surface area contributed by atoms with Gasteiger partial charge in [0.05, 0.1) is 24.6 Å². The molecule has 2 aliphatic heterocycles. The normalized spacial score (nSPS) is 20.5. The van der Waals surface area contributed by atoms with E-state index in [-0.39, 0.29) is 6.23 Å². The van der Waals surface area contributed by atoms with E-state index in [1.807, 2.05) is 22.9 Å². The summed E-state index contributed by atoms with van der Waals surface area (Å²) in [5.74, 6) is 0.822. The first-order chi connectivity index (χ1) is 15.5. The van der Waals surface area contributed by atoms with Crippen molar-refractivity contribution in [1.82, 2.24) is 19.7 Å². The first-order valence-corrected chi connectivity index (χ1v) is 13.7. The van der Waals surface area contributed by atoms with Crippen LogP contribution in [0.15, 0.2) is 35.0 Å². The van der Waals surface area contributed by atoms with E-state index in [2.05, 4.69) is 10.00 Å². The Morgan fingerprint density at radius 2 is 1.97 bits per heavy atom. The van der Waals surface area contributed by atoms with E-state index in [0.29, 0.717) is 13.2 Å². The fourth-order valence-electron chi connectivity index (χ4n) is 4.26. The molecule has 5 rings (SSSR count). The largest absolute Gasteiger partial charge is 0.378 e. The van der Waals surface area contributed by atoms with Gasteiger partial charge in [0.15, 0.2) is 6.23 Å². The molecule has 2 saturated heterocycles. The van der Waals surface area contributed by atoms with Gasteiger partial charge in [-0.05, 0) is 43.9 Å². The standard InChI is InChI=1S/C22H30N6O3S/c1-32(2,29)26-17-15-19(27-10-13-30-14-11-27)25-21-16(17)6-8-23-22(21)18-7-9-24-28(18)20-5-3-4-12-31-20/h6-9,15,20,32H,3-5,10-14H2,1-2H3,(H,25,26,29). The van der Waals surface area contributed by atoms with E-state index in [1.165, 1.54) is 0 Å². The average molecular weight is 459 g/mol. The molecule has 3 aromatic rings. The van der Waals surface area contributed by atoms with Gasteiger partial charge in [-0.1, -0.05) is 0 Å². The zero-order chi connectivity index (χ0) is 22.1. The van der Waals surface area contributed by atoms with Crippen LogP contribution in [-0.4, -0.2) is 69.7 Å². The van der Waals surface area contributed by atoms with Crippen LogP contribution in [0.2, 0.25) is 0 Å². The molecule has 0 aromatic carbocycles. The highest BCUT2D eigenvalue weighted by atomic mass is 32.3. The number of hydrogen-bond donors (Lipinski definition) is 2. The predicted molar refractivity (Wildman–Crippen MR) is 128 cm³/mol. The van der Waals surface area contributed by atoms with E-state index >= 15 is 0 Å². The minimum Gasteiger partial charge on any atom is -0.378 e. The summed E-state index contributed by atoms with van der Waals surface area (Å²) in [6.07, 6.45) is 10.1. The predicted octanol–water partition coefficient (Wildman–Crippen LogP) is 3.46. The second kappa shape index (κ2) is 8.86. The van der Waals surface area contributed by atoms with Crippen LogP contribution in [0.4, 0.5) is 11.5 Å². The van der Waals surface area contributed by atoms with Gasteiger partial charge in [-0.3, -0.25) is 4.98 Å². The lowest BCUT2D eigenvalue weighted by atomic mass is 10.1. The molecule has 0 amide bonds. The first-order valence-electron chi connectivity index (χ1n) is 11.1. The van der Waals surface area contributed by atoms with E-state index in [4.69, 9.17) is 23.8 Å². The van der Waals surface area contributed by atoms with Crippen molar-refractivity contribution in [3.8, 4) is 11.4 Å². The van der Waals surface area contributed by atoms with Crippen LogP contribution in [0.3, 0.4) is 0 Å². The third-order valence-electron chi connectivity index (χ3n) is 5.72. The minimum atomic E-state index is -2.41. The average Bonchev–Trinajstić information content (AvgIpc) is 3.28. The highest BCUT2D eigenvalue weighted by Gasteiger charge is 2.23. The summed E-state index contributed by atoms with van der Waals surface area (Å²) in [5, 5.41) is 5.42. The van der Waals surface area contributed by atoms with Gasteiger partial charge in [-0.2, -0.15) is 5.10 Å². The molecule has 5 heterocycles. The Kier molecular flexibility index (Phi) is 5.93. The molecule has 2 fully saturated rings. The molecule has 1 N–H and O–H groups in total. The molecule has 172 valence electrons. The van der Waals surface area contributed by atoms with Gasteiger partial charge in [0.25, 0.3) is 0 Å². The summed E-state index contributed by atoms with van der Waals surface area (Å²) in [7, 11) is -2.41. The van der Waals surface area contributed by atoms with E-state index in [9.17, 15) is 4.55 Å². The van der Waals surface area contributed by atoms with E-state index in [1.54, 1.807) is 24.9 Å². The van der Waals surface area contributed by atoms with Gasteiger partial charge in [-0.25, -0.2) is 14.0 Å². The highest BCUT2D eigenvalue weighted by molar-refractivity contribution is 7.98. The van der Waals surface area contributed by atoms with Crippen molar-refractivity contribution >= 4 is 32.5 Å². The molecular formula is C22H30N6O3S. The maximum absolute atomic E-state index is 10.5. The Hall–Kier alpha value is -2.40. The van der Waals surface area contributed by atoms with Gasteiger partial charge in [-0.15, -0.1) is 10.1 Å². The number of pyridine rings is 2. The molecule has 0 spiro atoms. The maximum atomic E-state index is 10.5. The third-order valence-corrected chi connectivity index (χ3v) is 6.43. The zero-order valence-electron chi connectivity index (χ0n) is 18.5. The minimum absolute atomic E-state index is 0.0975. The highest BCUT2D eigenvalue weighted by Crippen LogP contribution is 2.36. The van der Waals surface area contributed by atoms with Crippen LogP contribution in [0.5, 0.6) is 0 Å². The molecular weight excluding hydrogens is 428 g/mol. The molecule has 2 aliphatic rings. The number of aromatic nitrogens is 4. The Labute approximate surface area is 188 Å². The van der Waals surface area contributed by atoms with Gasteiger partial charge in [0.2, 0.25) is 0 Å². The fourth-order valence-corrected chi connectivity index (χ4v) is 4.95. The van der Waals surface area contributed by atoms with Gasteiger partial charge in [0, 0.05) is 43.5 Å². The van der Waals surface area contributed by atoms with Crippen molar-refractivity contribution < 1.29 is 14.0 Å². The number of fused-ring (bicyclic) bond motifs is 1. The number of ether oxygens (including phenoxy) is 2. The zero-order valence-corrected chi connectivity index (χ0v) is 19.4. The smallest absolute Gasteiger partial charge is 0.150 e. The Morgan fingerprint density at radius 3 is 2.72 bits per heavy atom. The molecule has 32 heavy (non-hydrogen) atoms. The van der Waals surface area contributed by atoms with Crippen LogP contribution in [-0.2, 0) is 19.6 Å². The summed E-state index contributed by atoms with van der Waals surface area (Å²) in [4.78, 5) is 11.9. The van der Waals surface area contributed by atoms with Crippen molar-refractivity contribution in [1.29, 1.82) is 0 Å². The second-order valence-electron chi connectivity index (χ2n) is 8.57. The maximum Gasteiger partial charge on any atom is 0.150 e. The van der Waals surface area contributed by atoms with Crippen molar-refractivity contribution in [2.75, 3.05) is 50.3 Å². The van der Waals surface area contributed by atoms with E-state index in [0.717, 1.165) is 72.8 Å². The van der Waals surface area contributed by atoms with Crippen LogP contribution >= 0.6 is 0 Å². The van der Waals surface area contributed by atoms with Crippen molar-refractivity contribution in [2.45, 2.75) is 25.5 Å². The Morgan fingerprint density at radius 1 is 1.12 bits per heavy atom. The number of morpholine rings is 1. The molecule has 0 bridgehead atoms. The second-order valence-corrected chi connectivity index (χ2v) is 11.4. The van der Waals surface area contributed by atoms with Gasteiger partial charge in [0.1, 0.15) is 17.0 Å². The molecule has 0 saturated carbocycles. The van der Waals surface area contributed by atoms with Gasteiger partial charge >= 0.3 is 0 Å². The van der Waals surface area contributed by atoms with Crippen molar-refractivity contribution in [3.05, 3.63) is 30.6 Å². The van der Waals surface area contributed by atoms with Crippen LogP contribution < -0.4 is 4.90 Å². The Balaban J connectivity index is 1.69. The summed E-state index contributed by atoms with van der Waals surface area (Å²) >= 11 is 0. The number of anilines is 1. The lowest BCUT2D eigenvalue weighted by molar-refractivity contribution is -0.0383. The number of thiol groups is 1. The summed E-state index contributed by atoms with van der Waals surface area (Å²) in [5.41, 5.74) is 3.11. The number of rotatable bonds is 4. The fraction of sp³-hybridized carbons (Fsp3) is 0.500. The molecule has 1 unspecified atom stereocenters. The van der Waals surface area contributed by atoms with Crippen molar-refractivity contribution in [2.24, 2.45) is 4.36 Å².